The molecule has 0 amide bonds. The SMILES string of the molecule is Cc1ccc(C(=O)O)c(OCCc2ccccn2)c1. The first-order valence-corrected chi connectivity index (χ1v) is 6.03. The zero-order valence-corrected chi connectivity index (χ0v) is 10.7. The van der Waals surface area contributed by atoms with Crippen LogP contribution in [0.1, 0.15) is 21.6 Å². The van der Waals surface area contributed by atoms with Crippen molar-refractivity contribution in [1.82, 2.24) is 4.98 Å². The molecule has 0 saturated carbocycles. The number of hydrogen-bond donors (Lipinski definition) is 1. The summed E-state index contributed by atoms with van der Waals surface area (Å²) in [6.45, 7) is 2.30. The maximum Gasteiger partial charge on any atom is 0.339 e. The van der Waals surface area contributed by atoms with E-state index in [2.05, 4.69) is 4.98 Å². The third-order valence-corrected chi connectivity index (χ3v) is 2.71. The largest absolute Gasteiger partial charge is 0.492 e. The lowest BCUT2D eigenvalue weighted by atomic mass is 10.1. The summed E-state index contributed by atoms with van der Waals surface area (Å²) in [5, 5.41) is 9.08. The van der Waals surface area contributed by atoms with Crippen LogP contribution in [-0.4, -0.2) is 22.7 Å². The summed E-state index contributed by atoms with van der Waals surface area (Å²) in [7, 11) is 0. The van der Waals surface area contributed by atoms with Crippen LogP contribution >= 0.6 is 0 Å². The quantitative estimate of drug-likeness (QED) is 0.894. The Morgan fingerprint density at radius 2 is 2.16 bits per heavy atom. The molecule has 2 rings (SSSR count). The molecule has 4 nitrogen and oxygen atoms in total. The first-order valence-electron chi connectivity index (χ1n) is 6.03. The minimum Gasteiger partial charge on any atom is -0.492 e. The zero-order valence-electron chi connectivity index (χ0n) is 10.7. The summed E-state index contributed by atoms with van der Waals surface area (Å²) in [6.07, 6.45) is 2.37. The van der Waals surface area contributed by atoms with E-state index in [4.69, 9.17) is 9.84 Å². The molecule has 0 fully saturated rings. The van der Waals surface area contributed by atoms with Gasteiger partial charge in [-0.15, -0.1) is 0 Å². The molecule has 0 unspecified atom stereocenters. The van der Waals surface area contributed by atoms with Crippen molar-refractivity contribution in [2.24, 2.45) is 0 Å². The van der Waals surface area contributed by atoms with Crippen LogP contribution in [0.3, 0.4) is 0 Å². The van der Waals surface area contributed by atoms with Gasteiger partial charge in [0.15, 0.2) is 0 Å². The van der Waals surface area contributed by atoms with Crippen LogP contribution in [0.4, 0.5) is 0 Å². The van der Waals surface area contributed by atoms with Crippen molar-refractivity contribution < 1.29 is 14.6 Å². The van der Waals surface area contributed by atoms with Crippen molar-refractivity contribution in [2.45, 2.75) is 13.3 Å². The fraction of sp³-hybridized carbons (Fsp3) is 0.200. The monoisotopic (exact) mass is 257 g/mol. The number of carboxylic acids is 1. The second-order valence-corrected chi connectivity index (χ2v) is 4.22. The van der Waals surface area contributed by atoms with E-state index in [9.17, 15) is 4.79 Å². The Morgan fingerprint density at radius 3 is 2.84 bits per heavy atom. The number of aromatic carboxylic acids is 1. The molecule has 0 aliphatic rings. The third kappa shape index (κ3) is 3.55. The number of pyridine rings is 1. The van der Waals surface area contributed by atoms with Gasteiger partial charge in [-0.05, 0) is 36.8 Å². The number of carboxylic acid groups (broad SMARTS) is 1. The molecule has 0 aliphatic carbocycles. The number of rotatable bonds is 5. The number of aryl methyl sites for hydroxylation is 1. The van der Waals surface area contributed by atoms with Crippen molar-refractivity contribution in [2.75, 3.05) is 6.61 Å². The highest BCUT2D eigenvalue weighted by atomic mass is 16.5. The predicted octanol–water partition coefficient (Wildman–Crippen LogP) is 2.71. The van der Waals surface area contributed by atoms with Gasteiger partial charge in [-0.25, -0.2) is 4.79 Å². The second-order valence-electron chi connectivity index (χ2n) is 4.22. The highest BCUT2D eigenvalue weighted by Crippen LogP contribution is 2.20. The first-order chi connectivity index (χ1) is 9.16. The first kappa shape index (κ1) is 13.1. The zero-order chi connectivity index (χ0) is 13.7. The highest BCUT2D eigenvalue weighted by molar-refractivity contribution is 5.90. The van der Waals surface area contributed by atoms with Crippen LogP contribution in [-0.2, 0) is 6.42 Å². The van der Waals surface area contributed by atoms with E-state index in [-0.39, 0.29) is 5.56 Å². The van der Waals surface area contributed by atoms with E-state index in [1.165, 1.54) is 0 Å². The van der Waals surface area contributed by atoms with Gasteiger partial charge in [0, 0.05) is 18.3 Å². The van der Waals surface area contributed by atoms with Gasteiger partial charge in [-0.1, -0.05) is 12.1 Å². The van der Waals surface area contributed by atoms with Gasteiger partial charge in [0.05, 0.1) is 6.61 Å². The standard InChI is InChI=1S/C15H15NO3/c1-11-5-6-13(15(17)18)14(10-11)19-9-7-12-4-2-3-8-16-12/h2-6,8,10H,7,9H2,1H3,(H,17,18). The molecule has 0 radical (unpaired) electrons. The fourth-order valence-electron chi connectivity index (χ4n) is 1.74. The Kier molecular flexibility index (Phi) is 4.13. The van der Waals surface area contributed by atoms with Crippen LogP contribution in [0.25, 0.3) is 0 Å². The Morgan fingerprint density at radius 1 is 1.32 bits per heavy atom. The summed E-state index contributed by atoms with van der Waals surface area (Å²) >= 11 is 0. The van der Waals surface area contributed by atoms with Crippen molar-refractivity contribution in [1.29, 1.82) is 0 Å². The van der Waals surface area contributed by atoms with Crippen LogP contribution in [0.2, 0.25) is 0 Å². The topological polar surface area (TPSA) is 59.4 Å². The van der Waals surface area contributed by atoms with Gasteiger partial charge in [0.1, 0.15) is 11.3 Å². The minimum atomic E-state index is -0.979. The van der Waals surface area contributed by atoms with Crippen LogP contribution in [0.15, 0.2) is 42.6 Å². The van der Waals surface area contributed by atoms with E-state index in [0.717, 1.165) is 11.3 Å². The summed E-state index contributed by atoms with van der Waals surface area (Å²) in [5.74, 6) is -0.573. The van der Waals surface area contributed by atoms with Crippen LogP contribution in [0, 0.1) is 6.92 Å². The minimum absolute atomic E-state index is 0.187. The van der Waals surface area contributed by atoms with E-state index in [1.54, 1.807) is 24.4 Å². The van der Waals surface area contributed by atoms with Crippen molar-refractivity contribution in [3.05, 3.63) is 59.4 Å². The van der Waals surface area contributed by atoms with Gasteiger partial charge in [0.2, 0.25) is 0 Å². The highest BCUT2D eigenvalue weighted by Gasteiger charge is 2.11. The van der Waals surface area contributed by atoms with E-state index in [1.807, 2.05) is 25.1 Å². The van der Waals surface area contributed by atoms with E-state index in [0.29, 0.717) is 18.8 Å². The number of benzene rings is 1. The summed E-state index contributed by atoms with van der Waals surface area (Å²) in [5.41, 5.74) is 2.08. The molecular weight excluding hydrogens is 242 g/mol. The van der Waals surface area contributed by atoms with Crippen LogP contribution < -0.4 is 4.74 Å². The average molecular weight is 257 g/mol. The Balaban J connectivity index is 2.03. The Bertz CT molecular complexity index is 567. The lowest BCUT2D eigenvalue weighted by molar-refractivity contribution is 0.0692. The molecular formula is C15H15NO3. The smallest absolute Gasteiger partial charge is 0.339 e. The van der Waals surface area contributed by atoms with E-state index >= 15 is 0 Å². The van der Waals surface area contributed by atoms with Crippen molar-refractivity contribution >= 4 is 5.97 Å². The molecule has 0 bridgehead atoms. The van der Waals surface area contributed by atoms with Crippen molar-refractivity contribution in [3.63, 3.8) is 0 Å². The summed E-state index contributed by atoms with van der Waals surface area (Å²) in [4.78, 5) is 15.3. The molecule has 19 heavy (non-hydrogen) atoms. The summed E-state index contributed by atoms with van der Waals surface area (Å²) in [6, 6.07) is 10.7. The maximum absolute atomic E-state index is 11.1. The molecule has 98 valence electrons. The number of nitrogens with zero attached hydrogens (tertiary/aromatic N) is 1. The molecule has 1 N–H and O–H groups in total. The predicted molar refractivity (Wildman–Crippen MR) is 71.6 cm³/mol. The average Bonchev–Trinajstić information content (AvgIpc) is 2.39. The molecule has 1 aromatic carbocycles. The number of aromatic nitrogens is 1. The Hall–Kier alpha value is -2.36. The lowest BCUT2D eigenvalue weighted by Gasteiger charge is -2.09. The molecule has 2 aromatic rings. The number of ether oxygens (including phenoxy) is 1. The van der Waals surface area contributed by atoms with Gasteiger partial charge >= 0.3 is 5.97 Å². The van der Waals surface area contributed by atoms with Gasteiger partial charge in [-0.3, -0.25) is 4.98 Å². The van der Waals surface area contributed by atoms with Gasteiger partial charge in [-0.2, -0.15) is 0 Å². The van der Waals surface area contributed by atoms with Crippen LogP contribution in [0.5, 0.6) is 5.75 Å². The normalized spacial score (nSPS) is 10.2. The molecule has 0 atom stereocenters. The number of hydrogen-bond acceptors (Lipinski definition) is 3. The molecule has 4 heteroatoms. The third-order valence-electron chi connectivity index (χ3n) is 2.71. The fourth-order valence-corrected chi connectivity index (χ4v) is 1.74. The molecule has 1 heterocycles. The lowest BCUT2D eigenvalue weighted by Crippen LogP contribution is -2.07. The number of carbonyl (C=O) groups is 1. The molecule has 0 spiro atoms. The molecule has 0 aliphatic heterocycles. The second kappa shape index (κ2) is 6.00. The Labute approximate surface area is 111 Å². The summed E-state index contributed by atoms with van der Waals surface area (Å²) < 4.78 is 5.56. The molecule has 0 saturated heterocycles. The molecule has 1 aromatic heterocycles. The maximum atomic E-state index is 11.1. The van der Waals surface area contributed by atoms with E-state index < -0.39 is 5.97 Å². The van der Waals surface area contributed by atoms with Gasteiger partial charge < -0.3 is 9.84 Å². The van der Waals surface area contributed by atoms with Gasteiger partial charge in [0.25, 0.3) is 0 Å². The van der Waals surface area contributed by atoms with Crippen molar-refractivity contribution in [3.8, 4) is 5.75 Å².